The Labute approximate surface area is 125 Å². The average Bonchev–Trinajstić information content (AvgIpc) is 2.41. The molecule has 1 aromatic rings. The zero-order chi connectivity index (χ0) is 16.2. The second-order valence-electron chi connectivity index (χ2n) is 4.69. The van der Waals surface area contributed by atoms with Gasteiger partial charge in [0.2, 0.25) is 10.0 Å². The summed E-state index contributed by atoms with van der Waals surface area (Å²) in [5.74, 6) is -0.570. The van der Waals surface area contributed by atoms with Crippen LogP contribution in [0, 0.1) is 13.8 Å². The van der Waals surface area contributed by atoms with Crippen LogP contribution in [0.2, 0.25) is 0 Å². The van der Waals surface area contributed by atoms with Gasteiger partial charge in [-0.25, -0.2) is 8.42 Å². The Morgan fingerprint density at radius 1 is 1.29 bits per heavy atom. The van der Waals surface area contributed by atoms with Crippen LogP contribution in [0.5, 0.6) is 0 Å². The van der Waals surface area contributed by atoms with Crippen LogP contribution >= 0.6 is 0 Å². The summed E-state index contributed by atoms with van der Waals surface area (Å²) in [4.78, 5) is 11.6. The molecule has 118 valence electrons. The van der Waals surface area contributed by atoms with E-state index in [9.17, 15) is 13.2 Å². The highest BCUT2D eigenvalue weighted by atomic mass is 32.2. The molecule has 0 amide bonds. The van der Waals surface area contributed by atoms with Crippen LogP contribution < -0.4 is 5.73 Å². The van der Waals surface area contributed by atoms with E-state index in [1.165, 1.54) is 6.07 Å². The Morgan fingerprint density at radius 3 is 2.38 bits per heavy atom. The maximum absolute atomic E-state index is 12.6. The number of nitrogens with two attached hydrogens (primary N) is 1. The van der Waals surface area contributed by atoms with Crippen molar-refractivity contribution in [2.45, 2.75) is 32.6 Å². The molecule has 0 saturated carbocycles. The third-order valence-corrected chi connectivity index (χ3v) is 5.18. The lowest BCUT2D eigenvalue weighted by Gasteiger charge is -2.20. The second-order valence-corrected chi connectivity index (χ2v) is 6.63. The molecule has 0 spiro atoms. The van der Waals surface area contributed by atoms with Crippen LogP contribution in [-0.2, 0) is 19.6 Å². The Kier molecular flexibility index (Phi) is 5.74. The van der Waals surface area contributed by atoms with Gasteiger partial charge in [-0.1, -0.05) is 6.92 Å². The normalized spacial score (nSPS) is 11.7. The van der Waals surface area contributed by atoms with Crippen molar-refractivity contribution in [3.63, 3.8) is 0 Å². The molecule has 1 aromatic carbocycles. The van der Waals surface area contributed by atoms with E-state index < -0.39 is 16.0 Å². The SMILES string of the molecule is CCOC(=O)CN(CC)S(=O)(=O)c1cc(C)c(C)c(N)c1. The number of likely N-dealkylation sites (N-methyl/N-ethyl adjacent to an activating group) is 1. The minimum absolute atomic E-state index is 0.0919. The molecule has 0 aliphatic heterocycles. The number of anilines is 1. The van der Waals surface area contributed by atoms with Gasteiger partial charge in [-0.05, 0) is 44.0 Å². The Hall–Kier alpha value is -1.60. The zero-order valence-corrected chi connectivity index (χ0v) is 13.7. The second kappa shape index (κ2) is 6.91. The van der Waals surface area contributed by atoms with E-state index >= 15 is 0 Å². The number of rotatable bonds is 6. The maximum atomic E-state index is 12.6. The van der Waals surface area contributed by atoms with Crippen molar-refractivity contribution in [3.8, 4) is 0 Å². The van der Waals surface area contributed by atoms with Crippen molar-refractivity contribution in [2.24, 2.45) is 0 Å². The van der Waals surface area contributed by atoms with Crippen molar-refractivity contribution >= 4 is 21.7 Å². The summed E-state index contributed by atoms with van der Waals surface area (Å²) in [6.45, 7) is 7.05. The Morgan fingerprint density at radius 2 is 1.90 bits per heavy atom. The molecule has 21 heavy (non-hydrogen) atoms. The lowest BCUT2D eigenvalue weighted by atomic mass is 10.1. The summed E-state index contributed by atoms with van der Waals surface area (Å²) in [5, 5.41) is 0. The standard InChI is InChI=1S/C14H22N2O4S/c1-5-16(9-14(17)20-6-2)21(18,19)12-7-10(3)11(4)13(15)8-12/h7-8H,5-6,9,15H2,1-4H3. The topological polar surface area (TPSA) is 89.7 Å². The first-order chi connectivity index (χ1) is 9.73. The molecule has 1 rings (SSSR count). The number of ether oxygens (including phenoxy) is 1. The zero-order valence-electron chi connectivity index (χ0n) is 12.8. The first-order valence-electron chi connectivity index (χ1n) is 6.76. The summed E-state index contributed by atoms with van der Waals surface area (Å²) in [5.41, 5.74) is 7.89. The molecule has 0 aliphatic rings. The molecule has 0 fully saturated rings. The number of carbonyl (C=O) groups is 1. The van der Waals surface area contributed by atoms with E-state index in [1.807, 2.05) is 6.92 Å². The summed E-state index contributed by atoms with van der Waals surface area (Å²) < 4.78 is 31.0. The predicted molar refractivity (Wildman–Crippen MR) is 81.4 cm³/mol. The highest BCUT2D eigenvalue weighted by Crippen LogP contribution is 2.24. The molecular formula is C14H22N2O4S. The third-order valence-electron chi connectivity index (χ3n) is 3.28. The molecule has 0 unspecified atom stereocenters. The fourth-order valence-electron chi connectivity index (χ4n) is 1.87. The summed E-state index contributed by atoms with van der Waals surface area (Å²) >= 11 is 0. The molecule has 0 bridgehead atoms. The van der Waals surface area contributed by atoms with Crippen molar-refractivity contribution < 1.29 is 17.9 Å². The average molecular weight is 314 g/mol. The van der Waals surface area contributed by atoms with Crippen molar-refractivity contribution in [1.82, 2.24) is 4.31 Å². The number of carbonyl (C=O) groups excluding carboxylic acids is 1. The van der Waals surface area contributed by atoms with Gasteiger partial charge in [-0.3, -0.25) is 4.79 Å². The van der Waals surface area contributed by atoms with Crippen LogP contribution in [0.25, 0.3) is 0 Å². The molecule has 0 saturated heterocycles. The molecule has 0 atom stereocenters. The van der Waals surface area contributed by atoms with Crippen molar-refractivity contribution in [1.29, 1.82) is 0 Å². The smallest absolute Gasteiger partial charge is 0.321 e. The quantitative estimate of drug-likeness (QED) is 0.634. The van der Waals surface area contributed by atoms with E-state index in [0.717, 1.165) is 15.4 Å². The molecule has 6 nitrogen and oxygen atoms in total. The summed E-state index contributed by atoms with van der Waals surface area (Å²) in [6.07, 6.45) is 0. The van der Waals surface area contributed by atoms with Gasteiger partial charge in [0.15, 0.2) is 0 Å². The van der Waals surface area contributed by atoms with Gasteiger partial charge in [0.25, 0.3) is 0 Å². The van der Waals surface area contributed by atoms with Gasteiger partial charge < -0.3 is 10.5 Å². The maximum Gasteiger partial charge on any atom is 0.321 e. The van der Waals surface area contributed by atoms with Crippen LogP contribution in [0.4, 0.5) is 5.69 Å². The minimum Gasteiger partial charge on any atom is -0.465 e. The first kappa shape index (κ1) is 17.5. The lowest BCUT2D eigenvalue weighted by molar-refractivity contribution is -0.143. The fraction of sp³-hybridized carbons (Fsp3) is 0.500. The van der Waals surface area contributed by atoms with Crippen LogP contribution in [0.1, 0.15) is 25.0 Å². The number of hydrogen-bond acceptors (Lipinski definition) is 5. The van der Waals surface area contributed by atoms with Gasteiger partial charge in [0, 0.05) is 12.2 Å². The van der Waals surface area contributed by atoms with Crippen molar-refractivity contribution in [3.05, 3.63) is 23.3 Å². The van der Waals surface area contributed by atoms with Crippen molar-refractivity contribution in [2.75, 3.05) is 25.4 Å². The number of sulfonamides is 1. The molecular weight excluding hydrogens is 292 g/mol. The minimum atomic E-state index is -3.77. The van der Waals surface area contributed by atoms with Gasteiger partial charge in [-0.15, -0.1) is 0 Å². The fourth-order valence-corrected chi connectivity index (χ4v) is 3.38. The Bertz CT molecular complexity index is 603. The Balaban J connectivity index is 3.16. The number of esters is 1. The largest absolute Gasteiger partial charge is 0.465 e. The highest BCUT2D eigenvalue weighted by molar-refractivity contribution is 7.89. The predicted octanol–water partition coefficient (Wildman–Crippen LogP) is 1.46. The van der Waals surface area contributed by atoms with E-state index in [4.69, 9.17) is 10.5 Å². The van der Waals surface area contributed by atoms with E-state index in [2.05, 4.69) is 0 Å². The van der Waals surface area contributed by atoms with Gasteiger partial charge in [0.05, 0.1) is 11.5 Å². The molecule has 7 heteroatoms. The van der Waals surface area contributed by atoms with E-state index in [0.29, 0.717) is 5.69 Å². The third kappa shape index (κ3) is 3.95. The summed E-state index contributed by atoms with van der Waals surface area (Å²) in [6, 6.07) is 2.99. The number of aryl methyl sites for hydroxylation is 1. The monoisotopic (exact) mass is 314 g/mol. The number of nitrogen functional groups attached to an aromatic ring is 1. The molecule has 2 N–H and O–H groups in total. The van der Waals surface area contributed by atoms with Gasteiger partial charge >= 0.3 is 5.97 Å². The summed E-state index contributed by atoms with van der Waals surface area (Å²) in [7, 11) is -3.77. The number of benzene rings is 1. The molecule has 0 radical (unpaired) electrons. The van der Waals surface area contributed by atoms with Crippen LogP contribution in [-0.4, -0.2) is 38.4 Å². The molecule has 0 aromatic heterocycles. The van der Waals surface area contributed by atoms with E-state index in [-0.39, 0.29) is 24.6 Å². The lowest BCUT2D eigenvalue weighted by Crippen LogP contribution is -2.36. The first-order valence-corrected chi connectivity index (χ1v) is 8.20. The van der Waals surface area contributed by atoms with Gasteiger partial charge in [-0.2, -0.15) is 4.31 Å². The molecule has 0 aliphatic carbocycles. The van der Waals surface area contributed by atoms with E-state index in [1.54, 1.807) is 26.8 Å². The van der Waals surface area contributed by atoms with Crippen LogP contribution in [0.3, 0.4) is 0 Å². The van der Waals surface area contributed by atoms with Gasteiger partial charge in [0.1, 0.15) is 6.54 Å². The van der Waals surface area contributed by atoms with Crippen LogP contribution in [0.15, 0.2) is 17.0 Å². The number of nitrogens with zero attached hydrogens (tertiary/aromatic N) is 1. The molecule has 0 heterocycles. The highest BCUT2D eigenvalue weighted by Gasteiger charge is 2.26. The number of hydrogen-bond donors (Lipinski definition) is 1.